The van der Waals surface area contributed by atoms with Gasteiger partial charge in [0.1, 0.15) is 0 Å². The third-order valence-electron chi connectivity index (χ3n) is 3.07. The van der Waals surface area contributed by atoms with Crippen LogP contribution in [-0.4, -0.2) is 14.2 Å². The molecule has 0 spiro atoms. The van der Waals surface area contributed by atoms with E-state index in [0.29, 0.717) is 12.0 Å². The maximum Gasteiger partial charge on any atom is 0.341 e. The van der Waals surface area contributed by atoms with Gasteiger partial charge in [0.25, 0.3) is 0 Å². The number of rotatable bonds is 5. The van der Waals surface area contributed by atoms with E-state index in [1.54, 1.807) is 12.1 Å². The van der Waals surface area contributed by atoms with Crippen molar-refractivity contribution >= 4 is 25.8 Å². The van der Waals surface area contributed by atoms with E-state index >= 15 is 0 Å². The molecule has 0 bridgehead atoms. The van der Waals surface area contributed by atoms with Crippen LogP contribution in [0.1, 0.15) is 16.0 Å². The highest BCUT2D eigenvalue weighted by atomic mass is 79.9. The molecule has 0 radical (unpaired) electrons. The van der Waals surface area contributed by atoms with Gasteiger partial charge in [-0.3, -0.25) is 0 Å². The lowest BCUT2D eigenvalue weighted by Crippen LogP contribution is -2.14. The molecular weight excluding hydrogens is 362 g/mol. The summed E-state index contributed by atoms with van der Waals surface area (Å²) >= 11 is 3.48. The number of hydrogen-bond donors (Lipinski definition) is 0. The standard InChI is InChI=1S/C15H13BrF2O2S/c16-13(11-6-2-1-3-7-11)10-12-8-4-5-9-14(12)21(19,20)15(17)18/h1-9,13,15H,10H2. The van der Waals surface area contributed by atoms with E-state index in [9.17, 15) is 17.2 Å². The number of benzene rings is 2. The second-order valence-electron chi connectivity index (χ2n) is 4.50. The van der Waals surface area contributed by atoms with E-state index in [2.05, 4.69) is 15.9 Å². The molecule has 0 heterocycles. The predicted octanol–water partition coefficient (Wildman–Crippen LogP) is 4.36. The van der Waals surface area contributed by atoms with E-state index in [1.807, 2.05) is 30.3 Å². The average Bonchev–Trinajstić information content (AvgIpc) is 2.48. The molecular formula is C15H13BrF2O2S. The van der Waals surface area contributed by atoms with E-state index in [-0.39, 0.29) is 9.72 Å². The van der Waals surface area contributed by atoms with Gasteiger partial charge < -0.3 is 0 Å². The molecule has 0 saturated heterocycles. The smallest absolute Gasteiger partial charge is 0.218 e. The summed E-state index contributed by atoms with van der Waals surface area (Å²) in [6, 6.07) is 15.3. The first-order valence-corrected chi connectivity index (χ1v) is 8.68. The number of halogens is 3. The largest absolute Gasteiger partial charge is 0.341 e. The molecule has 112 valence electrons. The van der Waals surface area contributed by atoms with Crippen molar-refractivity contribution in [3.63, 3.8) is 0 Å². The predicted molar refractivity (Wildman–Crippen MR) is 81.4 cm³/mol. The summed E-state index contributed by atoms with van der Waals surface area (Å²) in [5.41, 5.74) is 1.34. The SMILES string of the molecule is O=S(=O)(c1ccccc1CC(Br)c1ccccc1)C(F)F. The van der Waals surface area contributed by atoms with Gasteiger partial charge >= 0.3 is 5.76 Å². The molecule has 0 saturated carbocycles. The first-order chi connectivity index (χ1) is 9.93. The summed E-state index contributed by atoms with van der Waals surface area (Å²) < 4.78 is 48.9. The van der Waals surface area contributed by atoms with Gasteiger partial charge in [-0.25, -0.2) is 8.42 Å². The molecule has 21 heavy (non-hydrogen) atoms. The molecule has 2 nitrogen and oxygen atoms in total. The van der Waals surface area contributed by atoms with Crippen molar-refractivity contribution in [3.05, 3.63) is 65.7 Å². The van der Waals surface area contributed by atoms with Gasteiger partial charge in [-0.1, -0.05) is 64.5 Å². The highest BCUT2D eigenvalue weighted by Crippen LogP contribution is 2.31. The fraction of sp³-hybridized carbons (Fsp3) is 0.200. The Morgan fingerprint density at radius 1 is 0.952 bits per heavy atom. The van der Waals surface area contributed by atoms with Crippen molar-refractivity contribution in [2.75, 3.05) is 0 Å². The molecule has 0 fully saturated rings. The van der Waals surface area contributed by atoms with Gasteiger partial charge in [0.05, 0.1) is 4.90 Å². The Kier molecular flexibility index (Phi) is 5.11. The van der Waals surface area contributed by atoms with E-state index in [4.69, 9.17) is 0 Å². The van der Waals surface area contributed by atoms with Crippen molar-refractivity contribution in [1.29, 1.82) is 0 Å². The average molecular weight is 375 g/mol. The van der Waals surface area contributed by atoms with Crippen LogP contribution in [0.5, 0.6) is 0 Å². The van der Waals surface area contributed by atoms with Crippen LogP contribution >= 0.6 is 15.9 Å². The molecule has 2 aromatic carbocycles. The lowest BCUT2D eigenvalue weighted by Gasteiger charge is -2.14. The lowest BCUT2D eigenvalue weighted by atomic mass is 10.0. The molecule has 0 aliphatic carbocycles. The highest BCUT2D eigenvalue weighted by molar-refractivity contribution is 9.09. The summed E-state index contributed by atoms with van der Waals surface area (Å²) in [5.74, 6) is -3.41. The van der Waals surface area contributed by atoms with Gasteiger partial charge in [-0.15, -0.1) is 0 Å². The normalized spacial score (nSPS) is 13.3. The van der Waals surface area contributed by atoms with Crippen LogP contribution < -0.4 is 0 Å². The third kappa shape index (κ3) is 3.68. The van der Waals surface area contributed by atoms with E-state index in [1.165, 1.54) is 12.1 Å². The van der Waals surface area contributed by atoms with Gasteiger partial charge in [-0.05, 0) is 23.6 Å². The van der Waals surface area contributed by atoms with Crippen LogP contribution in [0.15, 0.2) is 59.5 Å². The molecule has 2 aromatic rings. The van der Waals surface area contributed by atoms with Gasteiger partial charge in [0.2, 0.25) is 9.84 Å². The molecule has 0 aromatic heterocycles. The van der Waals surface area contributed by atoms with Gasteiger partial charge in [-0.2, -0.15) is 8.78 Å². The maximum absolute atomic E-state index is 12.7. The summed E-state index contributed by atoms with van der Waals surface area (Å²) in [6.45, 7) is 0. The Hall–Kier alpha value is -1.27. The molecule has 6 heteroatoms. The van der Waals surface area contributed by atoms with Crippen molar-refractivity contribution in [3.8, 4) is 0 Å². The van der Waals surface area contributed by atoms with Crippen LogP contribution in [0.25, 0.3) is 0 Å². The lowest BCUT2D eigenvalue weighted by molar-refractivity contribution is 0.234. The molecule has 0 N–H and O–H groups in total. The molecule has 0 aliphatic heterocycles. The van der Waals surface area contributed by atoms with Crippen LogP contribution in [0.2, 0.25) is 0 Å². The first-order valence-electron chi connectivity index (χ1n) is 6.22. The highest BCUT2D eigenvalue weighted by Gasteiger charge is 2.29. The fourth-order valence-corrected chi connectivity index (χ4v) is 3.65. The quantitative estimate of drug-likeness (QED) is 0.728. The Morgan fingerprint density at radius 2 is 1.52 bits per heavy atom. The van der Waals surface area contributed by atoms with Crippen LogP contribution in [0.4, 0.5) is 8.78 Å². The number of sulfone groups is 1. The molecule has 0 aliphatic rings. The zero-order chi connectivity index (χ0) is 15.5. The Morgan fingerprint density at radius 3 is 2.14 bits per heavy atom. The summed E-state index contributed by atoms with van der Waals surface area (Å²) in [7, 11) is -4.59. The summed E-state index contributed by atoms with van der Waals surface area (Å²) in [5, 5.41) is 0. The zero-order valence-electron chi connectivity index (χ0n) is 10.9. The molecule has 1 atom stereocenters. The number of alkyl halides is 3. The van der Waals surface area contributed by atoms with Crippen LogP contribution in [0.3, 0.4) is 0 Å². The Labute approximate surface area is 130 Å². The monoisotopic (exact) mass is 374 g/mol. The maximum atomic E-state index is 12.7. The van der Waals surface area contributed by atoms with E-state index < -0.39 is 15.6 Å². The van der Waals surface area contributed by atoms with Crippen molar-refractivity contribution in [2.45, 2.75) is 21.9 Å². The first kappa shape index (κ1) is 16.1. The van der Waals surface area contributed by atoms with E-state index in [0.717, 1.165) is 5.56 Å². The zero-order valence-corrected chi connectivity index (χ0v) is 13.3. The van der Waals surface area contributed by atoms with Crippen LogP contribution in [-0.2, 0) is 16.3 Å². The third-order valence-corrected chi connectivity index (χ3v) is 5.41. The van der Waals surface area contributed by atoms with Crippen molar-refractivity contribution in [2.24, 2.45) is 0 Å². The molecule has 0 amide bonds. The number of hydrogen-bond acceptors (Lipinski definition) is 2. The minimum atomic E-state index is -4.59. The second-order valence-corrected chi connectivity index (χ2v) is 7.49. The molecule has 2 rings (SSSR count). The van der Waals surface area contributed by atoms with Crippen LogP contribution in [0, 0.1) is 0 Å². The van der Waals surface area contributed by atoms with Gasteiger partial charge in [0.15, 0.2) is 0 Å². The minimum absolute atomic E-state index is 0.146. The topological polar surface area (TPSA) is 34.1 Å². The minimum Gasteiger partial charge on any atom is -0.218 e. The van der Waals surface area contributed by atoms with Crippen molar-refractivity contribution < 1.29 is 17.2 Å². The van der Waals surface area contributed by atoms with Crippen molar-refractivity contribution in [1.82, 2.24) is 0 Å². The Balaban J connectivity index is 2.34. The van der Waals surface area contributed by atoms with Gasteiger partial charge in [0, 0.05) is 4.83 Å². The summed E-state index contributed by atoms with van der Waals surface area (Å²) in [4.78, 5) is -0.451. The second kappa shape index (κ2) is 6.66. The molecule has 1 unspecified atom stereocenters. The Bertz CT molecular complexity index is 703. The fourth-order valence-electron chi connectivity index (χ4n) is 2.02. The summed E-state index contributed by atoms with van der Waals surface area (Å²) in [6.07, 6.45) is 0.312.